The first-order valence-corrected chi connectivity index (χ1v) is 10.4. The number of nitrogens with one attached hydrogen (secondary N) is 2. The van der Waals surface area contributed by atoms with Crippen molar-refractivity contribution in [1.82, 2.24) is 15.5 Å². The summed E-state index contributed by atoms with van der Waals surface area (Å²) in [5, 5.41) is 5.44. The van der Waals surface area contributed by atoms with Gasteiger partial charge in [0, 0.05) is 31.3 Å². The third kappa shape index (κ3) is 7.99. The summed E-state index contributed by atoms with van der Waals surface area (Å²) in [6, 6.07) is 5.04. The fourth-order valence-electron chi connectivity index (χ4n) is 3.24. The predicted octanol–water partition coefficient (Wildman–Crippen LogP) is 2.20. The number of amides is 3. The minimum Gasteiger partial charge on any atom is -0.497 e. The molecule has 2 N–H and O–H groups in total. The van der Waals surface area contributed by atoms with Crippen LogP contribution in [0.15, 0.2) is 18.2 Å². The van der Waals surface area contributed by atoms with Gasteiger partial charge in [0.25, 0.3) is 5.91 Å². The third-order valence-corrected chi connectivity index (χ3v) is 4.91. The molecule has 172 valence electrons. The molecule has 1 aliphatic heterocycles. The molecule has 3 amide bonds. The van der Waals surface area contributed by atoms with Crippen LogP contribution < -0.4 is 20.1 Å². The lowest BCUT2D eigenvalue weighted by Crippen LogP contribution is -2.46. The first-order valence-electron chi connectivity index (χ1n) is 10.4. The minimum atomic E-state index is -0.605. The van der Waals surface area contributed by atoms with Crippen molar-refractivity contribution in [3.05, 3.63) is 23.8 Å². The Morgan fingerprint density at radius 3 is 2.10 bits per heavy atom. The summed E-state index contributed by atoms with van der Waals surface area (Å²) in [5.74, 6) is 1.04. The van der Waals surface area contributed by atoms with Gasteiger partial charge in [-0.15, -0.1) is 0 Å². The lowest BCUT2D eigenvalue weighted by molar-refractivity contribution is -0.131. The Bertz CT molecular complexity index is 760. The SMILES string of the molecule is COc1cc(OC)cc(C(=O)NCC2CCN(C(=O)CNC(=O)OC(C)(C)C)CC2)c1. The summed E-state index contributed by atoms with van der Waals surface area (Å²) in [6.45, 7) is 6.91. The molecule has 1 heterocycles. The number of piperidine rings is 1. The van der Waals surface area contributed by atoms with Crippen LogP contribution >= 0.6 is 0 Å². The highest BCUT2D eigenvalue weighted by Crippen LogP contribution is 2.23. The zero-order chi connectivity index (χ0) is 23.0. The van der Waals surface area contributed by atoms with Gasteiger partial charge in [-0.3, -0.25) is 9.59 Å². The van der Waals surface area contributed by atoms with E-state index in [9.17, 15) is 14.4 Å². The summed E-state index contributed by atoms with van der Waals surface area (Å²) in [4.78, 5) is 38.2. The lowest BCUT2D eigenvalue weighted by atomic mass is 9.96. The van der Waals surface area contributed by atoms with E-state index in [4.69, 9.17) is 14.2 Å². The summed E-state index contributed by atoms with van der Waals surface area (Å²) in [7, 11) is 3.07. The summed E-state index contributed by atoms with van der Waals surface area (Å²) >= 11 is 0. The number of carbonyl (C=O) groups is 3. The van der Waals surface area contributed by atoms with Crippen LogP contribution in [-0.2, 0) is 9.53 Å². The van der Waals surface area contributed by atoms with Gasteiger partial charge in [-0.1, -0.05) is 0 Å². The van der Waals surface area contributed by atoms with Gasteiger partial charge in [-0.05, 0) is 51.7 Å². The van der Waals surface area contributed by atoms with E-state index in [2.05, 4.69) is 10.6 Å². The Hall–Kier alpha value is -2.97. The Morgan fingerprint density at radius 1 is 1.00 bits per heavy atom. The number of hydrogen-bond donors (Lipinski definition) is 2. The standard InChI is InChI=1S/C22H33N3O6/c1-22(2,3)31-21(28)24-14-19(26)25-8-6-15(7-9-25)13-23-20(27)16-10-17(29-4)12-18(11-16)30-5/h10-12,15H,6-9,13-14H2,1-5H3,(H,23,27)(H,24,28). The smallest absolute Gasteiger partial charge is 0.408 e. The fourth-order valence-corrected chi connectivity index (χ4v) is 3.24. The molecule has 1 saturated heterocycles. The minimum absolute atomic E-state index is 0.0893. The van der Waals surface area contributed by atoms with Crippen molar-refractivity contribution in [1.29, 1.82) is 0 Å². The molecule has 0 unspecified atom stereocenters. The zero-order valence-corrected chi connectivity index (χ0v) is 18.9. The second-order valence-electron chi connectivity index (χ2n) is 8.49. The molecular formula is C22H33N3O6. The average molecular weight is 436 g/mol. The van der Waals surface area contributed by atoms with Crippen LogP contribution in [0.3, 0.4) is 0 Å². The van der Waals surface area contributed by atoms with Crippen molar-refractivity contribution < 1.29 is 28.6 Å². The molecular weight excluding hydrogens is 402 g/mol. The molecule has 31 heavy (non-hydrogen) atoms. The van der Waals surface area contributed by atoms with Gasteiger partial charge in [0.1, 0.15) is 23.6 Å². The Morgan fingerprint density at radius 2 is 1.58 bits per heavy atom. The zero-order valence-electron chi connectivity index (χ0n) is 18.9. The molecule has 1 aromatic rings. The van der Waals surface area contributed by atoms with Crippen LogP contribution in [-0.4, -0.2) is 68.8 Å². The van der Waals surface area contributed by atoms with Crippen molar-refractivity contribution >= 4 is 17.9 Å². The van der Waals surface area contributed by atoms with Crippen LogP contribution in [0.25, 0.3) is 0 Å². The van der Waals surface area contributed by atoms with E-state index in [1.165, 1.54) is 14.2 Å². The monoisotopic (exact) mass is 435 g/mol. The number of ether oxygens (including phenoxy) is 3. The van der Waals surface area contributed by atoms with Crippen LogP contribution in [0.4, 0.5) is 4.79 Å². The molecule has 0 atom stereocenters. The second kappa shape index (κ2) is 10.9. The number of rotatable bonds is 7. The molecule has 0 bridgehead atoms. The van der Waals surface area contributed by atoms with E-state index in [0.717, 1.165) is 12.8 Å². The van der Waals surface area contributed by atoms with Gasteiger partial charge in [0.15, 0.2) is 0 Å². The topological polar surface area (TPSA) is 106 Å². The van der Waals surface area contributed by atoms with Gasteiger partial charge >= 0.3 is 6.09 Å². The lowest BCUT2D eigenvalue weighted by Gasteiger charge is -2.32. The first-order chi connectivity index (χ1) is 14.6. The summed E-state index contributed by atoms with van der Waals surface area (Å²) < 4.78 is 15.5. The Kier molecular flexibility index (Phi) is 8.53. The quantitative estimate of drug-likeness (QED) is 0.680. The number of carbonyl (C=O) groups excluding carboxylic acids is 3. The number of benzene rings is 1. The van der Waals surface area contributed by atoms with Gasteiger partial charge in [-0.2, -0.15) is 0 Å². The molecule has 0 spiro atoms. The molecule has 0 radical (unpaired) electrons. The maximum absolute atomic E-state index is 12.5. The van der Waals surface area contributed by atoms with Crippen LogP contribution in [0.2, 0.25) is 0 Å². The first kappa shape index (κ1) is 24.3. The van der Waals surface area contributed by atoms with Crippen molar-refractivity contribution in [2.45, 2.75) is 39.2 Å². The molecule has 0 aromatic heterocycles. The molecule has 0 aliphatic carbocycles. The number of nitrogens with zero attached hydrogens (tertiary/aromatic N) is 1. The van der Waals surface area contributed by atoms with E-state index in [1.807, 2.05) is 0 Å². The van der Waals surface area contributed by atoms with E-state index in [1.54, 1.807) is 43.9 Å². The fraction of sp³-hybridized carbons (Fsp3) is 0.591. The normalized spacial score (nSPS) is 14.5. The summed E-state index contributed by atoms with van der Waals surface area (Å²) in [5.41, 5.74) is -0.136. The molecule has 1 aliphatic rings. The molecule has 1 aromatic carbocycles. The maximum Gasteiger partial charge on any atom is 0.408 e. The Labute approximate surface area is 183 Å². The second-order valence-corrected chi connectivity index (χ2v) is 8.49. The molecule has 9 nitrogen and oxygen atoms in total. The van der Waals surface area contributed by atoms with Gasteiger partial charge in [0.2, 0.25) is 5.91 Å². The van der Waals surface area contributed by atoms with Crippen molar-refractivity contribution in [3.8, 4) is 11.5 Å². The molecule has 9 heteroatoms. The highest BCUT2D eigenvalue weighted by Gasteiger charge is 2.24. The summed E-state index contributed by atoms with van der Waals surface area (Å²) in [6.07, 6.45) is 0.951. The maximum atomic E-state index is 12.5. The Balaban J connectivity index is 1.75. The third-order valence-electron chi connectivity index (χ3n) is 4.91. The number of likely N-dealkylation sites (tertiary alicyclic amines) is 1. The van der Waals surface area contributed by atoms with Crippen LogP contribution in [0.1, 0.15) is 44.0 Å². The number of hydrogen-bond acceptors (Lipinski definition) is 6. The van der Waals surface area contributed by atoms with Crippen molar-refractivity contribution in [2.24, 2.45) is 5.92 Å². The predicted molar refractivity (Wildman–Crippen MR) is 115 cm³/mol. The van der Waals surface area contributed by atoms with Gasteiger partial charge in [-0.25, -0.2) is 4.79 Å². The van der Waals surface area contributed by atoms with Crippen LogP contribution in [0, 0.1) is 5.92 Å². The average Bonchev–Trinajstić information content (AvgIpc) is 2.74. The van der Waals surface area contributed by atoms with Crippen LogP contribution in [0.5, 0.6) is 11.5 Å². The van der Waals surface area contributed by atoms with Crippen molar-refractivity contribution in [2.75, 3.05) is 40.4 Å². The number of methoxy groups -OCH3 is 2. The molecule has 0 saturated carbocycles. The van der Waals surface area contributed by atoms with E-state index >= 15 is 0 Å². The highest BCUT2D eigenvalue weighted by molar-refractivity contribution is 5.95. The van der Waals surface area contributed by atoms with E-state index in [0.29, 0.717) is 36.7 Å². The molecule has 2 rings (SSSR count). The van der Waals surface area contributed by atoms with Gasteiger partial charge in [0.05, 0.1) is 14.2 Å². The van der Waals surface area contributed by atoms with E-state index < -0.39 is 11.7 Å². The highest BCUT2D eigenvalue weighted by atomic mass is 16.6. The number of alkyl carbamates (subject to hydrolysis) is 1. The van der Waals surface area contributed by atoms with Gasteiger partial charge < -0.3 is 29.7 Å². The van der Waals surface area contributed by atoms with Crippen molar-refractivity contribution in [3.63, 3.8) is 0 Å². The molecule has 1 fully saturated rings. The largest absolute Gasteiger partial charge is 0.497 e. The van der Waals surface area contributed by atoms with E-state index in [-0.39, 0.29) is 24.3 Å².